The van der Waals surface area contributed by atoms with Crippen LogP contribution in [0, 0.1) is 13.8 Å². The number of piperazine rings is 1. The molecule has 4 aromatic rings. The monoisotopic (exact) mass is 576 g/mol. The summed E-state index contributed by atoms with van der Waals surface area (Å²) in [7, 11) is 1.63. The second-order valence-corrected chi connectivity index (χ2v) is 10.5. The van der Waals surface area contributed by atoms with Crippen LogP contribution in [-0.2, 0) is 0 Å². The molecule has 0 saturated carbocycles. The maximum Gasteiger partial charge on any atom is 0.321 e. The van der Waals surface area contributed by atoms with Crippen LogP contribution in [-0.4, -0.2) is 59.6 Å². The van der Waals surface area contributed by atoms with Crippen molar-refractivity contribution in [2.75, 3.05) is 38.6 Å². The Kier molecular flexibility index (Phi) is 8.05. The maximum absolute atomic E-state index is 13.8. The Morgan fingerprint density at radius 2 is 1.50 bits per heavy atom. The highest BCUT2D eigenvalue weighted by Gasteiger charge is 2.28. The molecule has 40 heavy (non-hydrogen) atoms. The number of anilines is 1. The molecular formula is C31H30Cl2N4O3. The number of benzene rings is 3. The third kappa shape index (κ3) is 5.53. The molecule has 9 heteroatoms. The zero-order valence-electron chi connectivity index (χ0n) is 22.6. The largest absolute Gasteiger partial charge is 0.497 e. The van der Waals surface area contributed by atoms with E-state index in [9.17, 15) is 9.59 Å². The van der Waals surface area contributed by atoms with Crippen molar-refractivity contribution in [1.82, 2.24) is 14.4 Å². The van der Waals surface area contributed by atoms with Crippen molar-refractivity contribution in [3.05, 3.63) is 99.7 Å². The van der Waals surface area contributed by atoms with Crippen LogP contribution >= 0.6 is 23.2 Å². The summed E-state index contributed by atoms with van der Waals surface area (Å²) in [4.78, 5) is 30.1. The fraction of sp³-hybridized carbons (Fsp3) is 0.226. The second-order valence-electron chi connectivity index (χ2n) is 9.72. The fourth-order valence-corrected chi connectivity index (χ4v) is 5.30. The molecule has 0 bridgehead atoms. The molecule has 0 radical (unpaired) electrons. The van der Waals surface area contributed by atoms with Gasteiger partial charge in [-0.15, -0.1) is 0 Å². The molecule has 5 rings (SSSR count). The van der Waals surface area contributed by atoms with Crippen molar-refractivity contribution in [2.24, 2.45) is 0 Å². The van der Waals surface area contributed by atoms with Gasteiger partial charge in [0.25, 0.3) is 5.91 Å². The van der Waals surface area contributed by atoms with Gasteiger partial charge in [-0.25, -0.2) is 4.79 Å². The minimum absolute atomic E-state index is 0.0801. The summed E-state index contributed by atoms with van der Waals surface area (Å²) >= 11 is 12.8. The van der Waals surface area contributed by atoms with Gasteiger partial charge < -0.3 is 24.4 Å². The number of aryl methyl sites for hydroxylation is 1. The van der Waals surface area contributed by atoms with E-state index in [1.807, 2.05) is 85.1 Å². The smallest absolute Gasteiger partial charge is 0.321 e. The molecule has 3 aromatic carbocycles. The maximum atomic E-state index is 13.8. The number of nitrogens with zero attached hydrogens (tertiary/aromatic N) is 3. The molecule has 0 aliphatic carbocycles. The summed E-state index contributed by atoms with van der Waals surface area (Å²) in [6.45, 7) is 5.54. The molecule has 1 aromatic heterocycles. The van der Waals surface area contributed by atoms with Gasteiger partial charge in [0.2, 0.25) is 0 Å². The summed E-state index contributed by atoms with van der Waals surface area (Å²) < 4.78 is 7.35. The van der Waals surface area contributed by atoms with Crippen molar-refractivity contribution in [3.8, 4) is 22.7 Å². The van der Waals surface area contributed by atoms with Crippen LogP contribution in [0.1, 0.15) is 21.6 Å². The molecule has 3 amide bonds. The third-order valence-corrected chi connectivity index (χ3v) is 7.96. The average Bonchev–Trinajstić information content (AvgIpc) is 3.31. The highest BCUT2D eigenvalue weighted by molar-refractivity contribution is 6.32. The lowest BCUT2D eigenvalue weighted by Crippen LogP contribution is -2.51. The molecule has 1 saturated heterocycles. The van der Waals surface area contributed by atoms with E-state index in [4.69, 9.17) is 27.9 Å². The predicted octanol–water partition coefficient (Wildman–Crippen LogP) is 7.07. The number of urea groups is 1. The Hall–Kier alpha value is -3.94. The number of amides is 3. The third-order valence-electron chi connectivity index (χ3n) is 7.23. The SMILES string of the molecule is COc1ccc(-c2cc(C(=O)N3CCN(C(=O)Nc4ccc(C)c(Cl)c4)CC3)c(C)n2-c2ccccc2Cl)cc1. The van der Waals surface area contributed by atoms with E-state index in [-0.39, 0.29) is 11.9 Å². The van der Waals surface area contributed by atoms with Gasteiger partial charge in [-0.3, -0.25) is 4.79 Å². The predicted molar refractivity (Wildman–Crippen MR) is 160 cm³/mol. The lowest BCUT2D eigenvalue weighted by Gasteiger charge is -2.34. The summed E-state index contributed by atoms with van der Waals surface area (Å²) in [6.07, 6.45) is 0. The molecule has 0 unspecified atom stereocenters. The Morgan fingerprint density at radius 3 is 2.15 bits per heavy atom. The number of ether oxygens (including phenoxy) is 1. The van der Waals surface area contributed by atoms with E-state index in [1.54, 1.807) is 23.0 Å². The highest BCUT2D eigenvalue weighted by Crippen LogP contribution is 2.34. The van der Waals surface area contributed by atoms with Gasteiger partial charge in [-0.1, -0.05) is 41.4 Å². The van der Waals surface area contributed by atoms with Gasteiger partial charge in [0.05, 0.1) is 29.1 Å². The fourth-order valence-electron chi connectivity index (χ4n) is 4.90. The zero-order chi connectivity index (χ0) is 28.4. The van der Waals surface area contributed by atoms with Gasteiger partial charge in [0, 0.05) is 42.6 Å². The molecule has 0 atom stereocenters. The Balaban J connectivity index is 1.37. The van der Waals surface area contributed by atoms with Crippen molar-refractivity contribution >= 4 is 40.8 Å². The van der Waals surface area contributed by atoms with Crippen LogP contribution in [0.3, 0.4) is 0 Å². The summed E-state index contributed by atoms with van der Waals surface area (Å²) in [5.41, 5.74) is 5.55. The van der Waals surface area contributed by atoms with Crippen LogP contribution in [0.5, 0.6) is 5.75 Å². The summed E-state index contributed by atoms with van der Waals surface area (Å²) in [5, 5.41) is 4.09. The summed E-state index contributed by atoms with van der Waals surface area (Å²) in [5.74, 6) is 0.670. The minimum atomic E-state index is -0.213. The van der Waals surface area contributed by atoms with Crippen LogP contribution in [0.15, 0.2) is 72.8 Å². The van der Waals surface area contributed by atoms with Gasteiger partial charge in [-0.05, 0) is 79.6 Å². The molecule has 7 nitrogen and oxygen atoms in total. The topological polar surface area (TPSA) is 66.8 Å². The number of aromatic nitrogens is 1. The number of rotatable bonds is 5. The zero-order valence-corrected chi connectivity index (χ0v) is 24.1. The van der Waals surface area contributed by atoms with Crippen molar-refractivity contribution in [1.29, 1.82) is 0 Å². The van der Waals surface area contributed by atoms with Crippen LogP contribution in [0.2, 0.25) is 10.0 Å². The molecule has 1 aliphatic rings. The number of halogens is 2. The lowest BCUT2D eigenvalue weighted by molar-refractivity contribution is 0.0671. The number of hydrogen-bond acceptors (Lipinski definition) is 3. The van der Waals surface area contributed by atoms with Crippen molar-refractivity contribution < 1.29 is 14.3 Å². The molecule has 1 fully saturated rings. The van der Waals surface area contributed by atoms with Crippen molar-refractivity contribution in [2.45, 2.75) is 13.8 Å². The Bertz CT molecular complexity index is 1560. The standard InChI is InChI=1S/C31H30Cl2N4O3/c1-20-8-11-23(18-27(20)33)34-31(39)36-16-14-35(15-17-36)30(38)25-19-29(22-9-12-24(40-3)13-10-22)37(21(25)2)28-7-5-4-6-26(28)32/h4-13,18-19H,14-17H2,1-3H3,(H,34,39). The first-order chi connectivity index (χ1) is 19.3. The van der Waals surface area contributed by atoms with E-state index in [0.29, 0.717) is 47.5 Å². The second kappa shape index (κ2) is 11.7. The van der Waals surface area contributed by atoms with E-state index < -0.39 is 0 Å². The van der Waals surface area contributed by atoms with E-state index >= 15 is 0 Å². The number of hydrogen-bond donors (Lipinski definition) is 1. The van der Waals surface area contributed by atoms with E-state index in [2.05, 4.69) is 5.32 Å². The quantitative estimate of drug-likeness (QED) is 0.276. The first-order valence-corrected chi connectivity index (χ1v) is 13.8. The molecule has 0 spiro atoms. The first-order valence-electron chi connectivity index (χ1n) is 13.0. The van der Waals surface area contributed by atoms with Gasteiger partial charge >= 0.3 is 6.03 Å². The van der Waals surface area contributed by atoms with Gasteiger partial charge in [0.15, 0.2) is 0 Å². The normalized spacial score (nSPS) is 13.3. The van der Waals surface area contributed by atoms with Crippen LogP contribution in [0.25, 0.3) is 16.9 Å². The number of nitrogens with one attached hydrogen (secondary N) is 1. The lowest BCUT2D eigenvalue weighted by atomic mass is 10.1. The minimum Gasteiger partial charge on any atom is -0.497 e. The first kappa shape index (κ1) is 27.6. The molecular weight excluding hydrogens is 547 g/mol. The molecule has 2 heterocycles. The molecule has 206 valence electrons. The number of methoxy groups -OCH3 is 1. The van der Waals surface area contributed by atoms with Crippen LogP contribution in [0.4, 0.5) is 10.5 Å². The van der Waals surface area contributed by atoms with Crippen LogP contribution < -0.4 is 10.1 Å². The number of para-hydroxylation sites is 1. The summed E-state index contributed by atoms with van der Waals surface area (Å²) in [6, 6.07) is 22.4. The highest BCUT2D eigenvalue weighted by atomic mass is 35.5. The van der Waals surface area contributed by atoms with Gasteiger partial charge in [-0.2, -0.15) is 0 Å². The molecule has 1 N–H and O–H groups in total. The van der Waals surface area contributed by atoms with E-state index in [0.717, 1.165) is 34.0 Å². The Labute approximate surface area is 243 Å². The number of carbonyl (C=O) groups excluding carboxylic acids is 2. The Morgan fingerprint density at radius 1 is 0.825 bits per heavy atom. The van der Waals surface area contributed by atoms with E-state index in [1.165, 1.54) is 0 Å². The van der Waals surface area contributed by atoms with Crippen molar-refractivity contribution in [3.63, 3.8) is 0 Å². The molecule has 1 aliphatic heterocycles. The van der Waals surface area contributed by atoms with Gasteiger partial charge in [0.1, 0.15) is 5.75 Å². The average molecular weight is 578 g/mol. The number of carbonyl (C=O) groups is 2.